The van der Waals surface area contributed by atoms with Gasteiger partial charge in [0, 0.05) is 17.0 Å². The highest BCUT2D eigenvalue weighted by atomic mass is 32.2. The summed E-state index contributed by atoms with van der Waals surface area (Å²) in [5.74, 6) is 1.03. The zero-order valence-corrected chi connectivity index (χ0v) is 17.7. The molecule has 0 aliphatic rings. The van der Waals surface area contributed by atoms with Crippen LogP contribution in [0.3, 0.4) is 0 Å². The van der Waals surface area contributed by atoms with Crippen molar-refractivity contribution in [1.82, 2.24) is 4.98 Å². The molecular weight excluding hydrogens is 411 g/mol. The van der Waals surface area contributed by atoms with E-state index in [4.69, 9.17) is 9.47 Å². The Morgan fingerprint density at radius 2 is 1.90 bits per heavy atom. The fourth-order valence-corrected chi connectivity index (χ4v) is 4.17. The lowest BCUT2D eigenvalue weighted by atomic mass is 10.2. The molecule has 0 aliphatic carbocycles. The van der Waals surface area contributed by atoms with Gasteiger partial charge in [0.1, 0.15) is 17.3 Å². The lowest BCUT2D eigenvalue weighted by molar-refractivity contribution is -0.113. The van der Waals surface area contributed by atoms with Crippen molar-refractivity contribution < 1.29 is 18.7 Å². The molecule has 0 aliphatic heterocycles. The molecule has 3 aromatic rings. The second kappa shape index (κ2) is 10.3. The van der Waals surface area contributed by atoms with Gasteiger partial charge in [-0.15, -0.1) is 11.3 Å². The zero-order chi connectivity index (χ0) is 20.6. The van der Waals surface area contributed by atoms with Crippen LogP contribution in [-0.2, 0) is 4.79 Å². The first kappa shape index (κ1) is 21.1. The maximum atomic E-state index is 13.1. The van der Waals surface area contributed by atoms with Crippen molar-refractivity contribution in [2.45, 2.75) is 18.2 Å². The maximum Gasteiger partial charge on any atom is 0.234 e. The Balaban J connectivity index is 1.61. The number of amides is 1. The molecular formula is C21H21FN2O3S2. The largest absolute Gasteiger partial charge is 0.494 e. The number of hydrogen-bond acceptors (Lipinski definition) is 6. The van der Waals surface area contributed by atoms with Crippen LogP contribution in [0.4, 0.5) is 10.1 Å². The monoisotopic (exact) mass is 432 g/mol. The third-order valence-electron chi connectivity index (χ3n) is 3.79. The minimum absolute atomic E-state index is 0.164. The highest BCUT2D eigenvalue weighted by Crippen LogP contribution is 2.31. The number of rotatable bonds is 9. The fourth-order valence-electron chi connectivity index (χ4n) is 2.53. The van der Waals surface area contributed by atoms with E-state index in [1.807, 2.05) is 25.3 Å². The summed E-state index contributed by atoms with van der Waals surface area (Å²) in [4.78, 5) is 16.9. The van der Waals surface area contributed by atoms with Gasteiger partial charge in [-0.1, -0.05) is 11.8 Å². The number of anilines is 1. The van der Waals surface area contributed by atoms with Crippen molar-refractivity contribution in [2.75, 3.05) is 24.3 Å². The summed E-state index contributed by atoms with van der Waals surface area (Å²) in [6.07, 6.45) is 0. The summed E-state index contributed by atoms with van der Waals surface area (Å²) in [6.45, 7) is 4.83. The fraction of sp³-hybridized carbons (Fsp3) is 0.238. The van der Waals surface area contributed by atoms with Crippen molar-refractivity contribution in [2.24, 2.45) is 0 Å². The third-order valence-corrected chi connectivity index (χ3v) is 5.81. The maximum absolute atomic E-state index is 13.1. The SMILES string of the molecule is CCOc1ccc(OCC)c(NC(=O)CSc2nc(-c3ccc(F)cc3)cs2)c1. The van der Waals surface area contributed by atoms with Gasteiger partial charge in [-0.2, -0.15) is 0 Å². The lowest BCUT2D eigenvalue weighted by Gasteiger charge is -2.13. The second-order valence-electron chi connectivity index (χ2n) is 5.87. The van der Waals surface area contributed by atoms with Crippen molar-refractivity contribution in [3.63, 3.8) is 0 Å². The lowest BCUT2D eigenvalue weighted by Crippen LogP contribution is -2.15. The molecule has 0 saturated heterocycles. The number of halogens is 1. The summed E-state index contributed by atoms with van der Waals surface area (Å²) in [6, 6.07) is 11.5. The number of ether oxygens (including phenoxy) is 2. The van der Waals surface area contributed by atoms with Gasteiger partial charge in [0.05, 0.1) is 30.3 Å². The Kier molecular flexibility index (Phi) is 7.48. The number of carbonyl (C=O) groups is 1. The topological polar surface area (TPSA) is 60.5 Å². The molecule has 0 fully saturated rings. The van der Waals surface area contributed by atoms with E-state index in [0.717, 1.165) is 15.6 Å². The minimum Gasteiger partial charge on any atom is -0.494 e. The molecule has 2 aromatic carbocycles. The summed E-state index contributed by atoms with van der Waals surface area (Å²) >= 11 is 2.80. The summed E-state index contributed by atoms with van der Waals surface area (Å²) in [5, 5.41) is 4.77. The molecule has 0 bridgehead atoms. The number of benzene rings is 2. The van der Waals surface area contributed by atoms with Crippen molar-refractivity contribution in [1.29, 1.82) is 0 Å². The number of thioether (sulfide) groups is 1. The van der Waals surface area contributed by atoms with E-state index in [9.17, 15) is 9.18 Å². The van der Waals surface area contributed by atoms with Crippen molar-refractivity contribution in [3.8, 4) is 22.8 Å². The molecule has 0 radical (unpaired) electrons. The molecule has 152 valence electrons. The Bertz CT molecular complexity index is 961. The third kappa shape index (κ3) is 5.95. The van der Waals surface area contributed by atoms with Crippen LogP contribution in [0.5, 0.6) is 11.5 Å². The average molecular weight is 433 g/mol. The molecule has 1 N–H and O–H groups in total. The van der Waals surface area contributed by atoms with Crippen LogP contribution in [0.1, 0.15) is 13.8 Å². The van der Waals surface area contributed by atoms with Gasteiger partial charge in [-0.05, 0) is 50.2 Å². The Hall–Kier alpha value is -2.58. The van der Waals surface area contributed by atoms with Gasteiger partial charge >= 0.3 is 0 Å². The van der Waals surface area contributed by atoms with Crippen LogP contribution in [0, 0.1) is 5.82 Å². The quantitative estimate of drug-likeness (QED) is 0.454. The number of aromatic nitrogens is 1. The van der Waals surface area contributed by atoms with E-state index in [2.05, 4.69) is 10.3 Å². The molecule has 0 atom stereocenters. The Morgan fingerprint density at radius 1 is 1.14 bits per heavy atom. The van der Waals surface area contributed by atoms with Gasteiger partial charge in [0.25, 0.3) is 0 Å². The number of nitrogens with zero attached hydrogens (tertiary/aromatic N) is 1. The van der Waals surface area contributed by atoms with E-state index < -0.39 is 0 Å². The van der Waals surface area contributed by atoms with Crippen LogP contribution in [0.15, 0.2) is 52.2 Å². The van der Waals surface area contributed by atoms with Gasteiger partial charge in [0.2, 0.25) is 5.91 Å². The predicted molar refractivity (Wildman–Crippen MR) is 116 cm³/mol. The van der Waals surface area contributed by atoms with Crippen molar-refractivity contribution in [3.05, 3.63) is 53.7 Å². The summed E-state index contributed by atoms with van der Waals surface area (Å²) in [5.41, 5.74) is 2.18. The molecule has 0 unspecified atom stereocenters. The molecule has 0 saturated carbocycles. The van der Waals surface area contributed by atoms with Gasteiger partial charge in [-0.3, -0.25) is 4.79 Å². The van der Waals surface area contributed by atoms with Crippen LogP contribution in [0.25, 0.3) is 11.3 Å². The van der Waals surface area contributed by atoms with Gasteiger partial charge < -0.3 is 14.8 Å². The van der Waals surface area contributed by atoms with Crippen LogP contribution in [0.2, 0.25) is 0 Å². The zero-order valence-electron chi connectivity index (χ0n) is 16.1. The van der Waals surface area contributed by atoms with Crippen LogP contribution < -0.4 is 14.8 Å². The average Bonchev–Trinajstić information content (AvgIpc) is 3.18. The number of nitrogens with one attached hydrogen (secondary N) is 1. The normalized spacial score (nSPS) is 10.6. The first-order valence-electron chi connectivity index (χ1n) is 9.12. The molecule has 3 rings (SSSR count). The van der Waals surface area contributed by atoms with Gasteiger partial charge in [-0.25, -0.2) is 9.37 Å². The van der Waals surface area contributed by atoms with E-state index in [-0.39, 0.29) is 17.5 Å². The van der Waals surface area contributed by atoms with E-state index in [0.29, 0.717) is 30.4 Å². The number of thiazole rings is 1. The van der Waals surface area contributed by atoms with E-state index in [1.54, 1.807) is 24.3 Å². The molecule has 1 aromatic heterocycles. The highest BCUT2D eigenvalue weighted by Gasteiger charge is 2.12. The first-order valence-corrected chi connectivity index (χ1v) is 11.0. The second-order valence-corrected chi connectivity index (χ2v) is 7.95. The standard InChI is InChI=1S/C21H21FN2O3S2/c1-3-26-16-9-10-19(27-4-2)17(11-16)23-20(25)13-29-21-24-18(12-28-21)14-5-7-15(22)8-6-14/h5-12H,3-4,13H2,1-2H3,(H,23,25). The smallest absolute Gasteiger partial charge is 0.234 e. The minimum atomic E-state index is -0.282. The molecule has 8 heteroatoms. The predicted octanol–water partition coefficient (Wildman–Crippen LogP) is 5.48. The first-order chi connectivity index (χ1) is 14.1. The van der Waals surface area contributed by atoms with Crippen molar-refractivity contribution >= 4 is 34.7 Å². The summed E-state index contributed by atoms with van der Waals surface area (Å²) in [7, 11) is 0. The molecule has 0 spiro atoms. The van der Waals surface area contributed by atoms with Crippen LogP contribution in [-0.4, -0.2) is 29.9 Å². The molecule has 29 heavy (non-hydrogen) atoms. The Morgan fingerprint density at radius 3 is 2.62 bits per heavy atom. The van der Waals surface area contributed by atoms with E-state index >= 15 is 0 Å². The summed E-state index contributed by atoms with van der Waals surface area (Å²) < 4.78 is 24.9. The number of hydrogen-bond donors (Lipinski definition) is 1. The van der Waals surface area contributed by atoms with Gasteiger partial charge in [0.15, 0.2) is 4.34 Å². The number of carbonyl (C=O) groups excluding carboxylic acids is 1. The van der Waals surface area contributed by atoms with E-state index in [1.165, 1.54) is 35.2 Å². The van der Waals surface area contributed by atoms with Crippen LogP contribution >= 0.6 is 23.1 Å². The molecule has 1 heterocycles. The highest BCUT2D eigenvalue weighted by molar-refractivity contribution is 8.01. The Labute approximate surface area is 177 Å². The molecule has 5 nitrogen and oxygen atoms in total. The molecule has 1 amide bonds.